The van der Waals surface area contributed by atoms with Crippen molar-refractivity contribution in [1.82, 2.24) is 0 Å². The SMILES string of the molecule is C=C1CCOC(C=CO)C1. The molecule has 0 spiro atoms. The summed E-state index contributed by atoms with van der Waals surface area (Å²) in [5.74, 6) is 0. The second-order valence-electron chi connectivity index (χ2n) is 2.45. The Bertz CT molecular complexity index is 149. The van der Waals surface area contributed by atoms with E-state index in [4.69, 9.17) is 9.84 Å². The molecule has 0 radical (unpaired) electrons. The number of hydrogen-bond acceptors (Lipinski definition) is 2. The Morgan fingerprint density at radius 2 is 2.50 bits per heavy atom. The Balaban J connectivity index is 2.39. The fraction of sp³-hybridized carbons (Fsp3) is 0.500. The van der Waals surface area contributed by atoms with Crippen LogP contribution in [0.2, 0.25) is 0 Å². The van der Waals surface area contributed by atoms with Crippen molar-refractivity contribution < 1.29 is 9.84 Å². The van der Waals surface area contributed by atoms with Crippen LogP contribution in [0.25, 0.3) is 0 Å². The van der Waals surface area contributed by atoms with E-state index in [-0.39, 0.29) is 6.10 Å². The molecule has 0 aromatic rings. The number of rotatable bonds is 1. The third kappa shape index (κ3) is 1.88. The predicted octanol–water partition coefficient (Wildman–Crippen LogP) is 1.79. The summed E-state index contributed by atoms with van der Waals surface area (Å²) in [6.07, 6.45) is 4.52. The highest BCUT2D eigenvalue weighted by molar-refractivity contribution is 5.03. The van der Waals surface area contributed by atoms with Crippen LogP contribution < -0.4 is 0 Å². The van der Waals surface area contributed by atoms with Crippen molar-refractivity contribution in [2.24, 2.45) is 0 Å². The maximum Gasteiger partial charge on any atom is 0.0825 e. The van der Waals surface area contributed by atoms with Crippen molar-refractivity contribution in [1.29, 1.82) is 0 Å². The summed E-state index contributed by atoms with van der Waals surface area (Å²) < 4.78 is 5.28. The van der Waals surface area contributed by atoms with Gasteiger partial charge in [-0.2, -0.15) is 0 Å². The van der Waals surface area contributed by atoms with Crippen LogP contribution in [0.3, 0.4) is 0 Å². The van der Waals surface area contributed by atoms with Crippen LogP contribution in [0, 0.1) is 0 Å². The summed E-state index contributed by atoms with van der Waals surface area (Å²) in [6.45, 7) is 4.58. The lowest BCUT2D eigenvalue weighted by molar-refractivity contribution is 0.0665. The number of aliphatic hydroxyl groups excluding tert-OH is 1. The minimum absolute atomic E-state index is 0.0475. The zero-order valence-electron chi connectivity index (χ0n) is 5.92. The van der Waals surface area contributed by atoms with E-state index in [0.717, 1.165) is 25.7 Å². The minimum Gasteiger partial charge on any atom is -0.516 e. The van der Waals surface area contributed by atoms with Gasteiger partial charge in [0.15, 0.2) is 0 Å². The van der Waals surface area contributed by atoms with Gasteiger partial charge in [0.1, 0.15) is 0 Å². The Morgan fingerprint density at radius 1 is 1.70 bits per heavy atom. The monoisotopic (exact) mass is 140 g/mol. The number of hydrogen-bond donors (Lipinski definition) is 1. The van der Waals surface area contributed by atoms with Crippen LogP contribution in [-0.4, -0.2) is 17.8 Å². The second-order valence-corrected chi connectivity index (χ2v) is 2.45. The predicted molar refractivity (Wildman–Crippen MR) is 39.9 cm³/mol. The molecule has 1 unspecified atom stereocenters. The van der Waals surface area contributed by atoms with Gasteiger partial charge >= 0.3 is 0 Å². The van der Waals surface area contributed by atoms with E-state index < -0.39 is 0 Å². The fourth-order valence-corrected chi connectivity index (χ4v) is 1.02. The molecule has 0 amide bonds. The first-order valence-electron chi connectivity index (χ1n) is 3.42. The van der Waals surface area contributed by atoms with Gasteiger partial charge in [-0.15, -0.1) is 0 Å². The molecule has 2 heteroatoms. The van der Waals surface area contributed by atoms with Crippen LogP contribution >= 0.6 is 0 Å². The van der Waals surface area contributed by atoms with Crippen LogP contribution in [0.4, 0.5) is 0 Å². The smallest absolute Gasteiger partial charge is 0.0825 e. The summed E-state index contributed by atoms with van der Waals surface area (Å²) in [7, 11) is 0. The first kappa shape index (κ1) is 7.35. The van der Waals surface area contributed by atoms with Gasteiger partial charge in [-0.3, -0.25) is 0 Å². The average Bonchev–Trinajstić information content (AvgIpc) is 1.88. The zero-order chi connectivity index (χ0) is 7.40. The molecule has 1 saturated heterocycles. The van der Waals surface area contributed by atoms with Gasteiger partial charge in [0.2, 0.25) is 0 Å². The summed E-state index contributed by atoms with van der Waals surface area (Å²) in [5, 5.41) is 8.41. The quantitative estimate of drug-likeness (QED) is 0.444. The van der Waals surface area contributed by atoms with Gasteiger partial charge < -0.3 is 9.84 Å². The van der Waals surface area contributed by atoms with Crippen LogP contribution in [-0.2, 0) is 4.74 Å². The molecule has 56 valence electrons. The van der Waals surface area contributed by atoms with E-state index in [2.05, 4.69) is 6.58 Å². The summed E-state index contributed by atoms with van der Waals surface area (Å²) in [4.78, 5) is 0. The van der Waals surface area contributed by atoms with Crippen molar-refractivity contribution in [3.63, 3.8) is 0 Å². The van der Waals surface area contributed by atoms with E-state index in [1.807, 2.05) is 0 Å². The molecule has 0 aliphatic carbocycles. The maximum absolute atomic E-state index is 8.41. The molecule has 1 N–H and O–H groups in total. The highest BCUT2D eigenvalue weighted by Gasteiger charge is 2.12. The fourth-order valence-electron chi connectivity index (χ4n) is 1.02. The maximum atomic E-state index is 8.41. The third-order valence-electron chi connectivity index (χ3n) is 1.58. The Hall–Kier alpha value is -0.760. The first-order valence-corrected chi connectivity index (χ1v) is 3.42. The van der Waals surface area contributed by atoms with E-state index in [1.54, 1.807) is 6.08 Å². The lowest BCUT2D eigenvalue weighted by Gasteiger charge is -2.20. The first-order chi connectivity index (χ1) is 4.83. The summed E-state index contributed by atoms with van der Waals surface area (Å²) in [5.41, 5.74) is 1.20. The van der Waals surface area contributed by atoms with Gasteiger partial charge in [-0.25, -0.2) is 0 Å². The van der Waals surface area contributed by atoms with Crippen molar-refractivity contribution in [2.75, 3.05) is 6.61 Å². The van der Waals surface area contributed by atoms with Crippen LogP contribution in [0.1, 0.15) is 12.8 Å². The highest BCUT2D eigenvalue weighted by Crippen LogP contribution is 2.17. The van der Waals surface area contributed by atoms with Crippen molar-refractivity contribution in [3.8, 4) is 0 Å². The topological polar surface area (TPSA) is 29.5 Å². The standard InChI is InChI=1S/C8H12O2/c1-7-3-5-10-8(6-7)2-4-9/h2,4,8-9H,1,3,5-6H2. The molecule has 1 fully saturated rings. The van der Waals surface area contributed by atoms with Crippen molar-refractivity contribution in [2.45, 2.75) is 18.9 Å². The van der Waals surface area contributed by atoms with Gasteiger partial charge in [-0.05, 0) is 18.9 Å². The van der Waals surface area contributed by atoms with Crippen LogP contribution in [0.5, 0.6) is 0 Å². The Labute approximate surface area is 60.8 Å². The molecule has 1 rings (SSSR count). The van der Waals surface area contributed by atoms with Crippen molar-refractivity contribution >= 4 is 0 Å². The van der Waals surface area contributed by atoms with E-state index >= 15 is 0 Å². The molecular formula is C8H12O2. The molecule has 1 heterocycles. The largest absolute Gasteiger partial charge is 0.516 e. The average molecular weight is 140 g/mol. The van der Waals surface area contributed by atoms with Gasteiger partial charge in [0.25, 0.3) is 0 Å². The Kier molecular flexibility index (Phi) is 2.51. The molecule has 0 aromatic carbocycles. The third-order valence-corrected chi connectivity index (χ3v) is 1.58. The van der Waals surface area contributed by atoms with E-state index in [0.29, 0.717) is 0 Å². The Morgan fingerprint density at radius 3 is 3.10 bits per heavy atom. The molecule has 1 atom stereocenters. The highest BCUT2D eigenvalue weighted by atomic mass is 16.5. The van der Waals surface area contributed by atoms with E-state index in [9.17, 15) is 0 Å². The minimum atomic E-state index is 0.0475. The molecule has 0 bridgehead atoms. The molecule has 0 aromatic heterocycles. The number of aliphatic hydroxyl groups is 1. The second kappa shape index (κ2) is 3.42. The lowest BCUT2D eigenvalue weighted by Crippen LogP contribution is -2.17. The molecule has 10 heavy (non-hydrogen) atoms. The van der Waals surface area contributed by atoms with E-state index in [1.165, 1.54) is 5.57 Å². The molecule has 1 aliphatic rings. The van der Waals surface area contributed by atoms with Gasteiger partial charge in [-0.1, -0.05) is 12.2 Å². The lowest BCUT2D eigenvalue weighted by atomic mass is 10.0. The molecule has 1 aliphatic heterocycles. The molecule has 0 saturated carbocycles. The normalized spacial score (nSPS) is 27.6. The number of ether oxygens (including phenoxy) is 1. The van der Waals surface area contributed by atoms with Gasteiger partial charge in [0, 0.05) is 0 Å². The van der Waals surface area contributed by atoms with Crippen molar-refractivity contribution in [3.05, 3.63) is 24.5 Å². The summed E-state index contributed by atoms with van der Waals surface area (Å²) >= 11 is 0. The molecular weight excluding hydrogens is 128 g/mol. The molecule has 2 nitrogen and oxygen atoms in total. The summed E-state index contributed by atoms with van der Waals surface area (Å²) in [6, 6.07) is 0. The van der Waals surface area contributed by atoms with Gasteiger partial charge in [0.05, 0.1) is 19.0 Å². The van der Waals surface area contributed by atoms with Crippen LogP contribution in [0.15, 0.2) is 24.5 Å². The zero-order valence-corrected chi connectivity index (χ0v) is 5.92.